The number of hydrogen-bond acceptors (Lipinski definition) is 6. The monoisotopic (exact) mass is 592 g/mol. The van der Waals surface area contributed by atoms with Crippen LogP contribution in [0.25, 0.3) is 23.1 Å². The van der Waals surface area contributed by atoms with Crippen molar-refractivity contribution in [1.82, 2.24) is 19.9 Å². The molecule has 0 saturated carbocycles. The number of aromatic nitrogens is 3. The van der Waals surface area contributed by atoms with Gasteiger partial charge in [-0.1, -0.05) is 38.6 Å². The number of pyridine rings is 1. The van der Waals surface area contributed by atoms with E-state index >= 15 is 4.39 Å². The summed E-state index contributed by atoms with van der Waals surface area (Å²) in [5.41, 5.74) is -0.578. The fraction of sp³-hybridized carbons (Fsp3) is 0.452. The molecule has 0 atom stereocenters. The Bertz CT molecular complexity index is 1500. The SMILES string of the molecule is C=CC.C=c1cccc(F)/c1=C(/C)c1ncc2c(OCC(F)(F)F)nc(OCC34CCCN3CCC4)nc2c1F.CC. The molecule has 0 unspecified atom stereocenters. The molecule has 0 bridgehead atoms. The number of allylic oxidation sites excluding steroid dienone is 1. The molecule has 2 aromatic heterocycles. The fourth-order valence-corrected chi connectivity index (χ4v) is 5.36. The van der Waals surface area contributed by atoms with Crippen LogP contribution in [0.5, 0.6) is 11.9 Å². The summed E-state index contributed by atoms with van der Waals surface area (Å²) in [6.45, 7) is 15.0. The average molecular weight is 593 g/mol. The van der Waals surface area contributed by atoms with E-state index < -0.39 is 30.3 Å². The zero-order valence-corrected chi connectivity index (χ0v) is 24.5. The Morgan fingerprint density at radius 1 is 1.10 bits per heavy atom. The highest BCUT2D eigenvalue weighted by atomic mass is 19.4. The molecule has 0 amide bonds. The van der Waals surface area contributed by atoms with E-state index in [-0.39, 0.29) is 45.5 Å². The maximum Gasteiger partial charge on any atom is 0.422 e. The van der Waals surface area contributed by atoms with Crippen molar-refractivity contribution in [3.8, 4) is 11.9 Å². The quantitative estimate of drug-likeness (QED) is 0.255. The van der Waals surface area contributed by atoms with Crippen molar-refractivity contribution in [1.29, 1.82) is 0 Å². The number of halogens is 5. The Balaban J connectivity index is 0.000000910. The minimum absolute atomic E-state index is 0.0778. The highest BCUT2D eigenvalue weighted by Crippen LogP contribution is 2.39. The Morgan fingerprint density at radius 3 is 2.33 bits per heavy atom. The highest BCUT2D eigenvalue weighted by molar-refractivity contribution is 5.86. The zero-order chi connectivity index (χ0) is 31.1. The van der Waals surface area contributed by atoms with E-state index in [1.807, 2.05) is 20.8 Å². The van der Waals surface area contributed by atoms with Gasteiger partial charge in [-0.05, 0) is 69.5 Å². The van der Waals surface area contributed by atoms with Crippen LogP contribution in [0.2, 0.25) is 0 Å². The molecule has 4 heterocycles. The second kappa shape index (κ2) is 14.0. The first-order chi connectivity index (χ1) is 20.0. The van der Waals surface area contributed by atoms with Gasteiger partial charge in [0.1, 0.15) is 23.6 Å². The van der Waals surface area contributed by atoms with E-state index in [9.17, 15) is 17.6 Å². The van der Waals surface area contributed by atoms with Gasteiger partial charge in [0.2, 0.25) is 5.88 Å². The first-order valence-electron chi connectivity index (χ1n) is 13.9. The largest absolute Gasteiger partial charge is 0.467 e. The lowest BCUT2D eigenvalue weighted by Crippen LogP contribution is -2.43. The van der Waals surface area contributed by atoms with Gasteiger partial charge >= 0.3 is 12.2 Å². The number of alkyl halides is 3. The molecule has 228 valence electrons. The van der Waals surface area contributed by atoms with E-state index in [1.54, 1.807) is 12.1 Å². The van der Waals surface area contributed by atoms with Crippen LogP contribution in [0.3, 0.4) is 0 Å². The van der Waals surface area contributed by atoms with E-state index in [0.29, 0.717) is 5.22 Å². The van der Waals surface area contributed by atoms with Crippen LogP contribution in [-0.2, 0) is 0 Å². The molecule has 2 aliphatic rings. The summed E-state index contributed by atoms with van der Waals surface area (Å²) in [7, 11) is 0. The normalized spacial score (nSPS) is 16.5. The van der Waals surface area contributed by atoms with Crippen LogP contribution < -0.4 is 19.9 Å². The molecule has 0 spiro atoms. The number of rotatable bonds is 6. The summed E-state index contributed by atoms with van der Waals surface area (Å²) in [6, 6.07) is 3.98. The Hall–Kier alpha value is -3.60. The van der Waals surface area contributed by atoms with E-state index in [4.69, 9.17) is 9.47 Å². The maximum atomic E-state index is 15.8. The second-order valence-electron chi connectivity index (χ2n) is 9.91. The molecular weight excluding hydrogens is 555 g/mol. The van der Waals surface area contributed by atoms with Crippen molar-refractivity contribution in [2.45, 2.75) is 65.1 Å². The molecule has 2 fully saturated rings. The first-order valence-corrected chi connectivity index (χ1v) is 13.9. The van der Waals surface area contributed by atoms with Crippen LogP contribution in [0.1, 0.15) is 59.1 Å². The van der Waals surface area contributed by atoms with Crippen LogP contribution in [0, 0.1) is 11.6 Å². The van der Waals surface area contributed by atoms with Gasteiger partial charge in [0, 0.05) is 11.4 Å². The fourth-order valence-electron chi connectivity index (χ4n) is 5.36. The lowest BCUT2D eigenvalue weighted by atomic mass is 9.95. The number of benzene rings is 1. The smallest absolute Gasteiger partial charge is 0.422 e. The molecule has 3 aromatic rings. The van der Waals surface area contributed by atoms with E-state index in [1.165, 1.54) is 19.1 Å². The molecular formula is C31H37F5N4O2. The summed E-state index contributed by atoms with van der Waals surface area (Å²) in [5.74, 6) is -2.06. The van der Waals surface area contributed by atoms with Crippen LogP contribution >= 0.6 is 0 Å². The minimum atomic E-state index is -4.64. The van der Waals surface area contributed by atoms with Crippen molar-refractivity contribution in [3.63, 3.8) is 0 Å². The van der Waals surface area contributed by atoms with Crippen LogP contribution in [0.15, 0.2) is 37.1 Å². The Labute approximate surface area is 242 Å². The zero-order valence-electron chi connectivity index (χ0n) is 24.5. The summed E-state index contributed by atoms with van der Waals surface area (Å²) in [5, 5.41) is 0.251. The topological polar surface area (TPSA) is 60.4 Å². The summed E-state index contributed by atoms with van der Waals surface area (Å²) < 4.78 is 79.9. The van der Waals surface area contributed by atoms with Gasteiger partial charge in [-0.3, -0.25) is 9.88 Å². The van der Waals surface area contributed by atoms with Gasteiger partial charge in [0.05, 0.1) is 10.9 Å². The molecule has 6 nitrogen and oxygen atoms in total. The molecule has 2 aliphatic heterocycles. The third-order valence-electron chi connectivity index (χ3n) is 7.11. The number of ether oxygens (including phenoxy) is 2. The van der Waals surface area contributed by atoms with Gasteiger partial charge in [-0.25, -0.2) is 8.78 Å². The van der Waals surface area contributed by atoms with Crippen molar-refractivity contribution in [2.75, 3.05) is 26.3 Å². The predicted molar refractivity (Wildman–Crippen MR) is 154 cm³/mol. The lowest BCUT2D eigenvalue weighted by molar-refractivity contribution is -0.153. The molecule has 11 heteroatoms. The van der Waals surface area contributed by atoms with Gasteiger partial charge in [-0.15, -0.1) is 6.58 Å². The predicted octanol–water partition coefficient (Wildman–Crippen LogP) is 6.10. The van der Waals surface area contributed by atoms with Gasteiger partial charge in [-0.2, -0.15) is 23.1 Å². The molecule has 5 rings (SSSR count). The molecule has 0 N–H and O–H groups in total. The van der Waals surface area contributed by atoms with Crippen molar-refractivity contribution in [3.05, 3.63) is 64.8 Å². The maximum absolute atomic E-state index is 15.8. The van der Waals surface area contributed by atoms with Crippen molar-refractivity contribution >= 4 is 23.1 Å². The molecule has 0 aliphatic carbocycles. The second-order valence-corrected chi connectivity index (χ2v) is 9.91. The van der Waals surface area contributed by atoms with Gasteiger partial charge in [0.15, 0.2) is 12.4 Å². The standard InChI is InChI=1S/C26H25F5N4O2.C3H6.C2H6/c1-15-6-3-7-18(27)19(15)16(2)21-20(28)22-17(12-32-21)23(36-14-26(29,30)31)34-24(33-22)37-13-25-8-4-10-35(25)11-5-9-25;1-3-2;1-2/h3,6-7,12H,1,4-5,8-11,13-14H2,2H3;3H,1H2,2H3;1-2H3/b19-16-;;. The summed E-state index contributed by atoms with van der Waals surface area (Å²) in [6.07, 6.45) is 2.10. The molecule has 0 radical (unpaired) electrons. The van der Waals surface area contributed by atoms with Crippen molar-refractivity contribution < 1.29 is 31.4 Å². The summed E-state index contributed by atoms with van der Waals surface area (Å²) in [4.78, 5) is 14.6. The summed E-state index contributed by atoms with van der Waals surface area (Å²) >= 11 is 0. The molecule has 1 aromatic carbocycles. The number of nitrogens with zero attached hydrogens (tertiary/aromatic N) is 4. The lowest BCUT2D eigenvalue weighted by Gasteiger charge is -2.31. The van der Waals surface area contributed by atoms with E-state index in [0.717, 1.165) is 45.0 Å². The third-order valence-corrected chi connectivity index (χ3v) is 7.11. The van der Waals surface area contributed by atoms with Crippen molar-refractivity contribution in [2.24, 2.45) is 0 Å². The number of fused-ring (bicyclic) bond motifs is 2. The number of hydrogen-bond donors (Lipinski definition) is 0. The van der Waals surface area contributed by atoms with Crippen LogP contribution in [0.4, 0.5) is 22.0 Å². The van der Waals surface area contributed by atoms with Crippen LogP contribution in [-0.4, -0.2) is 57.9 Å². The molecule has 42 heavy (non-hydrogen) atoms. The molecule has 2 saturated heterocycles. The van der Waals surface area contributed by atoms with Gasteiger partial charge < -0.3 is 9.47 Å². The third kappa shape index (κ3) is 7.24. The Kier molecular flexibility index (Phi) is 11.0. The van der Waals surface area contributed by atoms with E-state index in [2.05, 4.69) is 33.0 Å². The highest BCUT2D eigenvalue weighted by Gasteiger charge is 2.45. The average Bonchev–Trinajstić information content (AvgIpc) is 3.53. The van der Waals surface area contributed by atoms with Gasteiger partial charge in [0.25, 0.3) is 0 Å². The first kappa shape index (κ1) is 32.9. The Morgan fingerprint density at radius 2 is 1.74 bits per heavy atom. The minimum Gasteiger partial charge on any atom is -0.467 e.